The number of rotatable bonds is 2. The molecular weight excluding hydrogens is 241 g/mol. The van der Waals surface area contributed by atoms with Crippen molar-refractivity contribution >= 4 is 23.6 Å². The Kier molecular flexibility index (Phi) is 3.21. The summed E-state index contributed by atoms with van der Waals surface area (Å²) >= 11 is 6.72. The summed E-state index contributed by atoms with van der Waals surface area (Å²) < 4.78 is 13.9. The highest BCUT2D eigenvalue weighted by Gasteiger charge is 2.08. The van der Waals surface area contributed by atoms with Gasteiger partial charge in [0, 0.05) is 4.88 Å². The van der Waals surface area contributed by atoms with E-state index in [0.717, 1.165) is 21.6 Å². The fraction of sp³-hybridized carbons (Fsp3) is 0.250. The minimum atomic E-state index is -0.171. The fourth-order valence-corrected chi connectivity index (χ4v) is 2.84. The summed E-state index contributed by atoms with van der Waals surface area (Å²) in [6, 6.07) is 5.13. The first-order valence-electron chi connectivity index (χ1n) is 5.10. The van der Waals surface area contributed by atoms with E-state index in [1.807, 2.05) is 6.07 Å². The van der Waals surface area contributed by atoms with E-state index < -0.39 is 0 Å². The van der Waals surface area contributed by atoms with Crippen LogP contribution in [0.3, 0.4) is 0 Å². The van der Waals surface area contributed by atoms with Crippen LogP contribution in [0, 0.1) is 16.7 Å². The number of thiazole rings is 1. The first kappa shape index (κ1) is 11.5. The molecule has 2 rings (SSSR count). The van der Waals surface area contributed by atoms with E-state index in [0.29, 0.717) is 5.56 Å². The lowest BCUT2D eigenvalue weighted by Gasteiger charge is -2.03. The maximum atomic E-state index is 13.2. The molecular formula is C12H12FNS2. The molecule has 1 nitrogen and oxygen atoms in total. The largest absolute Gasteiger partial charge is 0.337 e. The molecule has 1 N–H and O–H groups in total. The molecule has 1 aromatic carbocycles. The van der Waals surface area contributed by atoms with E-state index in [9.17, 15) is 4.39 Å². The number of nitrogens with one attached hydrogen (secondary N) is 1. The van der Waals surface area contributed by atoms with Crippen LogP contribution in [-0.4, -0.2) is 4.98 Å². The first-order chi connectivity index (χ1) is 7.61. The van der Waals surface area contributed by atoms with Crippen molar-refractivity contribution in [1.82, 2.24) is 4.98 Å². The smallest absolute Gasteiger partial charge is 0.159 e. The summed E-state index contributed by atoms with van der Waals surface area (Å²) in [6.45, 7) is 3.86. The van der Waals surface area contributed by atoms with Crippen LogP contribution in [0.4, 0.5) is 4.39 Å². The number of aryl methyl sites for hydroxylation is 2. The molecule has 4 heteroatoms. The molecule has 0 radical (unpaired) electrons. The van der Waals surface area contributed by atoms with Crippen molar-refractivity contribution in [2.24, 2.45) is 0 Å². The molecule has 0 aliphatic heterocycles. The lowest BCUT2D eigenvalue weighted by Crippen LogP contribution is -1.87. The lowest BCUT2D eigenvalue weighted by molar-refractivity contribution is 0.619. The highest BCUT2D eigenvalue weighted by molar-refractivity contribution is 7.73. The van der Waals surface area contributed by atoms with E-state index in [1.54, 1.807) is 24.3 Å². The number of hydrogen-bond acceptors (Lipinski definition) is 2. The number of aromatic nitrogens is 1. The van der Waals surface area contributed by atoms with E-state index in [2.05, 4.69) is 11.9 Å². The normalized spacial score (nSPS) is 10.7. The van der Waals surface area contributed by atoms with Crippen molar-refractivity contribution in [3.05, 3.63) is 38.4 Å². The first-order valence-corrected chi connectivity index (χ1v) is 6.32. The Hall–Kier alpha value is -1.00. The minimum Gasteiger partial charge on any atom is -0.337 e. The van der Waals surface area contributed by atoms with Crippen LogP contribution in [0.15, 0.2) is 18.2 Å². The second kappa shape index (κ2) is 4.47. The average Bonchev–Trinajstić information content (AvgIpc) is 2.63. The maximum absolute atomic E-state index is 13.2. The molecule has 0 fully saturated rings. The molecule has 1 heterocycles. The Morgan fingerprint density at radius 3 is 2.81 bits per heavy atom. The Morgan fingerprint density at radius 2 is 2.19 bits per heavy atom. The number of halogens is 1. The Bertz CT molecular complexity index is 569. The summed E-state index contributed by atoms with van der Waals surface area (Å²) in [5.74, 6) is -0.171. The Balaban J connectivity index is 2.57. The molecule has 1 aromatic heterocycles. The molecule has 0 aliphatic rings. The van der Waals surface area contributed by atoms with Crippen LogP contribution < -0.4 is 0 Å². The van der Waals surface area contributed by atoms with E-state index in [-0.39, 0.29) is 5.82 Å². The number of benzene rings is 1. The van der Waals surface area contributed by atoms with Crippen LogP contribution in [-0.2, 0) is 6.42 Å². The summed E-state index contributed by atoms with van der Waals surface area (Å²) in [5.41, 5.74) is 2.69. The van der Waals surface area contributed by atoms with Gasteiger partial charge in [-0.1, -0.05) is 6.92 Å². The molecule has 2 aromatic rings. The van der Waals surface area contributed by atoms with E-state index in [4.69, 9.17) is 12.2 Å². The van der Waals surface area contributed by atoms with E-state index >= 15 is 0 Å². The topological polar surface area (TPSA) is 15.8 Å². The lowest BCUT2D eigenvalue weighted by atomic mass is 10.1. The van der Waals surface area contributed by atoms with Gasteiger partial charge in [0.2, 0.25) is 0 Å². The molecule has 16 heavy (non-hydrogen) atoms. The highest BCUT2D eigenvalue weighted by Crippen LogP contribution is 2.28. The standard InChI is InChI=1S/C12H12FNS2/c1-3-10-11(14-12(15)16-10)8-4-5-9(13)7(2)6-8/h4-6H,3H2,1-2H3,(H,14,15). The molecule has 0 unspecified atom stereocenters. The number of aromatic amines is 1. The molecule has 0 amide bonds. The van der Waals surface area contributed by atoms with Crippen molar-refractivity contribution in [3.63, 3.8) is 0 Å². The monoisotopic (exact) mass is 253 g/mol. The molecule has 0 atom stereocenters. The molecule has 0 spiro atoms. The maximum Gasteiger partial charge on any atom is 0.159 e. The average molecular weight is 253 g/mol. The van der Waals surface area contributed by atoms with Gasteiger partial charge in [0.15, 0.2) is 3.95 Å². The van der Waals surface area contributed by atoms with Crippen molar-refractivity contribution in [2.75, 3.05) is 0 Å². The third-order valence-electron chi connectivity index (χ3n) is 2.49. The minimum absolute atomic E-state index is 0.171. The van der Waals surface area contributed by atoms with Gasteiger partial charge in [-0.3, -0.25) is 0 Å². The van der Waals surface area contributed by atoms with Gasteiger partial charge < -0.3 is 4.98 Å². The summed E-state index contributed by atoms with van der Waals surface area (Å²) in [4.78, 5) is 4.39. The van der Waals surface area contributed by atoms with Gasteiger partial charge in [-0.2, -0.15) is 0 Å². The van der Waals surface area contributed by atoms with Gasteiger partial charge >= 0.3 is 0 Å². The van der Waals surface area contributed by atoms with Crippen LogP contribution in [0.2, 0.25) is 0 Å². The third kappa shape index (κ3) is 2.08. The van der Waals surface area contributed by atoms with E-state index in [1.165, 1.54) is 10.9 Å². The van der Waals surface area contributed by atoms with Crippen LogP contribution in [0.1, 0.15) is 17.4 Å². The number of H-pyrrole nitrogens is 1. The van der Waals surface area contributed by atoms with Crippen LogP contribution >= 0.6 is 23.6 Å². The van der Waals surface area contributed by atoms with Gasteiger partial charge in [-0.05, 0) is 54.9 Å². The Morgan fingerprint density at radius 1 is 1.44 bits per heavy atom. The molecule has 0 aliphatic carbocycles. The number of hydrogen-bond donors (Lipinski definition) is 1. The van der Waals surface area contributed by atoms with Gasteiger partial charge in [-0.25, -0.2) is 4.39 Å². The van der Waals surface area contributed by atoms with Crippen molar-refractivity contribution in [1.29, 1.82) is 0 Å². The zero-order valence-electron chi connectivity index (χ0n) is 9.13. The fourth-order valence-electron chi connectivity index (χ4n) is 1.64. The SMILES string of the molecule is CCc1sc(=S)[nH]c1-c1ccc(F)c(C)c1. The summed E-state index contributed by atoms with van der Waals surface area (Å²) in [7, 11) is 0. The summed E-state index contributed by atoms with van der Waals surface area (Å²) in [5, 5.41) is 0. The predicted octanol–water partition coefficient (Wildman–Crippen LogP) is 4.48. The zero-order valence-corrected chi connectivity index (χ0v) is 10.8. The second-order valence-corrected chi connectivity index (χ2v) is 5.40. The van der Waals surface area contributed by atoms with Gasteiger partial charge in [0.25, 0.3) is 0 Å². The van der Waals surface area contributed by atoms with Crippen LogP contribution in [0.5, 0.6) is 0 Å². The highest BCUT2D eigenvalue weighted by atomic mass is 32.1. The Labute approximate surface area is 103 Å². The summed E-state index contributed by atoms with van der Waals surface area (Å²) in [6.07, 6.45) is 0.934. The molecule has 84 valence electrons. The molecule has 0 saturated heterocycles. The zero-order chi connectivity index (χ0) is 11.7. The quantitative estimate of drug-likeness (QED) is 0.780. The molecule has 0 saturated carbocycles. The molecule has 0 bridgehead atoms. The van der Waals surface area contributed by atoms with Gasteiger partial charge in [0.1, 0.15) is 5.82 Å². The van der Waals surface area contributed by atoms with Gasteiger partial charge in [-0.15, -0.1) is 11.3 Å². The van der Waals surface area contributed by atoms with Gasteiger partial charge in [0.05, 0.1) is 5.69 Å². The van der Waals surface area contributed by atoms with Crippen LogP contribution in [0.25, 0.3) is 11.3 Å². The van der Waals surface area contributed by atoms with Crippen molar-refractivity contribution < 1.29 is 4.39 Å². The van der Waals surface area contributed by atoms with Crippen molar-refractivity contribution in [3.8, 4) is 11.3 Å². The van der Waals surface area contributed by atoms with Crippen molar-refractivity contribution in [2.45, 2.75) is 20.3 Å². The predicted molar refractivity (Wildman–Crippen MR) is 69.0 cm³/mol. The second-order valence-electron chi connectivity index (χ2n) is 3.63. The third-order valence-corrected chi connectivity index (χ3v) is 3.87.